The van der Waals surface area contributed by atoms with E-state index in [9.17, 15) is 4.79 Å². The van der Waals surface area contributed by atoms with Crippen molar-refractivity contribution in [3.8, 4) is 17.1 Å². The Labute approximate surface area is 168 Å². The Morgan fingerprint density at radius 2 is 1.96 bits per heavy atom. The Hall–Kier alpha value is -2.41. The number of hydrogen-bond donors (Lipinski definition) is 0. The van der Waals surface area contributed by atoms with E-state index in [-0.39, 0.29) is 5.56 Å². The van der Waals surface area contributed by atoms with Gasteiger partial charge in [-0.2, -0.15) is 9.50 Å². The molecule has 4 rings (SSSR count). The fourth-order valence-electron chi connectivity index (χ4n) is 2.58. The Balaban J connectivity index is 1.73. The second-order valence-corrected chi connectivity index (χ2v) is 7.52. The van der Waals surface area contributed by atoms with Crippen LogP contribution in [-0.4, -0.2) is 21.2 Å². The Morgan fingerprint density at radius 3 is 2.63 bits per heavy atom. The predicted molar refractivity (Wildman–Crippen MR) is 109 cm³/mol. The summed E-state index contributed by atoms with van der Waals surface area (Å²) in [7, 11) is 0. The molecule has 2 aromatic carbocycles. The summed E-state index contributed by atoms with van der Waals surface area (Å²) < 4.78 is 7.25. The van der Waals surface area contributed by atoms with Crippen LogP contribution < -0.4 is 14.8 Å². The lowest BCUT2D eigenvalue weighted by Crippen LogP contribution is -2.23. The average Bonchev–Trinajstić information content (AvgIpc) is 3.18. The van der Waals surface area contributed by atoms with Crippen LogP contribution >= 0.6 is 34.5 Å². The van der Waals surface area contributed by atoms with Gasteiger partial charge in [0.15, 0.2) is 5.82 Å². The van der Waals surface area contributed by atoms with Crippen molar-refractivity contribution in [3.63, 3.8) is 0 Å². The SMILES string of the molecule is CCOc1ccc(-c2nc3s/c(=C\c4ccc(Cl)cc4Cl)c(=O)n3n2)cc1. The summed E-state index contributed by atoms with van der Waals surface area (Å²) in [5, 5.41) is 5.37. The van der Waals surface area contributed by atoms with Crippen LogP contribution in [0.4, 0.5) is 0 Å². The Bertz CT molecular complexity index is 1230. The minimum Gasteiger partial charge on any atom is -0.494 e. The maximum absolute atomic E-state index is 12.6. The van der Waals surface area contributed by atoms with Crippen LogP contribution in [0.3, 0.4) is 0 Å². The van der Waals surface area contributed by atoms with Crippen molar-refractivity contribution in [1.82, 2.24) is 14.6 Å². The summed E-state index contributed by atoms with van der Waals surface area (Å²) in [6.45, 7) is 2.54. The summed E-state index contributed by atoms with van der Waals surface area (Å²) in [5.41, 5.74) is 1.31. The molecule has 2 aromatic heterocycles. The molecule has 136 valence electrons. The van der Waals surface area contributed by atoms with Crippen LogP contribution in [0.1, 0.15) is 12.5 Å². The molecule has 0 amide bonds. The van der Waals surface area contributed by atoms with E-state index < -0.39 is 0 Å². The van der Waals surface area contributed by atoms with Gasteiger partial charge in [0.25, 0.3) is 5.56 Å². The standard InChI is InChI=1S/C19H13Cl2N3O2S/c1-2-26-14-7-4-11(5-8-14)17-22-19-24(23-17)18(25)16(27-19)9-12-3-6-13(20)10-15(12)21/h3-10H,2H2,1H3/b16-9-. The highest BCUT2D eigenvalue weighted by atomic mass is 35.5. The van der Waals surface area contributed by atoms with E-state index in [1.165, 1.54) is 15.9 Å². The van der Waals surface area contributed by atoms with Crippen LogP contribution in [0.2, 0.25) is 10.0 Å². The Kier molecular flexibility index (Phi) is 4.86. The van der Waals surface area contributed by atoms with Crippen LogP contribution in [-0.2, 0) is 0 Å². The molecule has 0 N–H and O–H groups in total. The molecule has 2 heterocycles. The number of rotatable bonds is 4. The van der Waals surface area contributed by atoms with Crippen LogP contribution in [0.15, 0.2) is 47.3 Å². The molecule has 0 atom stereocenters. The molecule has 0 unspecified atom stereocenters. The van der Waals surface area contributed by atoms with E-state index in [1.54, 1.807) is 24.3 Å². The highest BCUT2D eigenvalue weighted by molar-refractivity contribution is 7.15. The fourth-order valence-corrected chi connectivity index (χ4v) is 3.94. The van der Waals surface area contributed by atoms with Gasteiger partial charge >= 0.3 is 0 Å². The normalized spacial score (nSPS) is 12.0. The van der Waals surface area contributed by atoms with Gasteiger partial charge in [-0.25, -0.2) is 0 Å². The lowest BCUT2D eigenvalue weighted by atomic mass is 10.2. The molecular formula is C19H13Cl2N3O2S. The number of benzene rings is 2. The number of ether oxygens (including phenoxy) is 1. The van der Waals surface area contributed by atoms with Gasteiger partial charge in [0, 0.05) is 15.6 Å². The van der Waals surface area contributed by atoms with Crippen molar-refractivity contribution in [3.05, 3.63) is 73.0 Å². The van der Waals surface area contributed by atoms with Crippen LogP contribution in [0.25, 0.3) is 22.4 Å². The molecule has 5 nitrogen and oxygen atoms in total. The summed E-state index contributed by atoms with van der Waals surface area (Å²) >= 11 is 13.4. The van der Waals surface area contributed by atoms with Gasteiger partial charge in [-0.05, 0) is 55.0 Å². The molecule has 0 saturated carbocycles. The topological polar surface area (TPSA) is 56.5 Å². The number of nitrogens with zero attached hydrogens (tertiary/aromatic N) is 3. The zero-order valence-corrected chi connectivity index (χ0v) is 16.5. The average molecular weight is 418 g/mol. The Morgan fingerprint density at radius 1 is 1.19 bits per heavy atom. The molecule has 0 radical (unpaired) electrons. The summed E-state index contributed by atoms with van der Waals surface area (Å²) in [6.07, 6.45) is 1.72. The van der Waals surface area contributed by atoms with Gasteiger partial charge in [-0.3, -0.25) is 4.79 Å². The van der Waals surface area contributed by atoms with E-state index in [2.05, 4.69) is 10.1 Å². The van der Waals surface area contributed by atoms with Crippen molar-refractivity contribution in [2.45, 2.75) is 6.92 Å². The van der Waals surface area contributed by atoms with Gasteiger partial charge in [0.2, 0.25) is 4.96 Å². The smallest absolute Gasteiger partial charge is 0.291 e. The first kappa shape index (κ1) is 18.0. The van der Waals surface area contributed by atoms with Crippen molar-refractivity contribution < 1.29 is 4.74 Å². The second-order valence-electron chi connectivity index (χ2n) is 5.67. The van der Waals surface area contributed by atoms with Crippen LogP contribution in [0, 0.1) is 0 Å². The zero-order chi connectivity index (χ0) is 19.0. The van der Waals surface area contributed by atoms with E-state index in [0.29, 0.717) is 32.0 Å². The van der Waals surface area contributed by atoms with E-state index in [4.69, 9.17) is 27.9 Å². The molecule has 8 heteroatoms. The molecule has 0 saturated heterocycles. The third-order valence-corrected chi connectivity index (χ3v) is 5.38. The zero-order valence-electron chi connectivity index (χ0n) is 14.1. The molecule has 27 heavy (non-hydrogen) atoms. The molecule has 0 aliphatic heterocycles. The summed E-state index contributed by atoms with van der Waals surface area (Å²) in [4.78, 5) is 17.6. The molecule has 0 aliphatic carbocycles. The minimum absolute atomic E-state index is 0.231. The second kappa shape index (κ2) is 7.31. The summed E-state index contributed by atoms with van der Waals surface area (Å²) in [5.74, 6) is 1.28. The van der Waals surface area contributed by atoms with E-state index >= 15 is 0 Å². The van der Waals surface area contributed by atoms with Gasteiger partial charge in [0.05, 0.1) is 11.1 Å². The number of aromatic nitrogens is 3. The molecule has 0 fully saturated rings. The van der Waals surface area contributed by atoms with Crippen LogP contribution in [0.5, 0.6) is 5.75 Å². The first-order valence-electron chi connectivity index (χ1n) is 8.15. The number of fused-ring (bicyclic) bond motifs is 1. The molecular weight excluding hydrogens is 405 g/mol. The first-order chi connectivity index (χ1) is 13.0. The maximum atomic E-state index is 12.6. The van der Waals surface area contributed by atoms with Crippen molar-refractivity contribution in [2.24, 2.45) is 0 Å². The van der Waals surface area contributed by atoms with Gasteiger partial charge in [0.1, 0.15) is 5.75 Å². The fraction of sp³-hybridized carbons (Fsp3) is 0.105. The molecule has 0 bridgehead atoms. The monoisotopic (exact) mass is 417 g/mol. The maximum Gasteiger partial charge on any atom is 0.291 e. The predicted octanol–water partition coefficient (Wildman–Crippen LogP) is 4.07. The highest BCUT2D eigenvalue weighted by Crippen LogP contribution is 2.22. The van der Waals surface area contributed by atoms with E-state index in [0.717, 1.165) is 16.9 Å². The molecule has 0 spiro atoms. The lowest BCUT2D eigenvalue weighted by molar-refractivity contribution is 0.340. The third-order valence-electron chi connectivity index (χ3n) is 3.85. The summed E-state index contributed by atoms with van der Waals surface area (Å²) in [6, 6.07) is 12.6. The minimum atomic E-state index is -0.231. The van der Waals surface area contributed by atoms with Gasteiger partial charge in [-0.15, -0.1) is 5.10 Å². The lowest BCUT2D eigenvalue weighted by Gasteiger charge is -2.02. The molecule has 4 aromatic rings. The number of halogens is 2. The quantitative estimate of drug-likeness (QED) is 0.502. The third kappa shape index (κ3) is 3.56. The van der Waals surface area contributed by atoms with Crippen molar-refractivity contribution in [2.75, 3.05) is 6.61 Å². The molecule has 0 aliphatic rings. The van der Waals surface area contributed by atoms with Gasteiger partial charge in [-0.1, -0.05) is 40.6 Å². The number of thiazole rings is 1. The van der Waals surface area contributed by atoms with Gasteiger partial charge < -0.3 is 4.74 Å². The van der Waals surface area contributed by atoms with E-state index in [1.807, 2.05) is 31.2 Å². The largest absolute Gasteiger partial charge is 0.494 e. The number of hydrogen-bond acceptors (Lipinski definition) is 5. The van der Waals surface area contributed by atoms with Crippen molar-refractivity contribution in [1.29, 1.82) is 0 Å². The first-order valence-corrected chi connectivity index (χ1v) is 9.72. The highest BCUT2D eigenvalue weighted by Gasteiger charge is 2.12. The van der Waals surface area contributed by atoms with Crippen molar-refractivity contribution >= 4 is 45.6 Å².